The molecular weight excluding hydrogens is 282 g/mol. The molecule has 0 aliphatic carbocycles. The van der Waals surface area contributed by atoms with E-state index in [2.05, 4.69) is 17.6 Å². The average Bonchev–Trinajstić information content (AvgIpc) is 2.86. The van der Waals surface area contributed by atoms with Crippen molar-refractivity contribution in [2.75, 3.05) is 0 Å². The fourth-order valence-electron chi connectivity index (χ4n) is 2.47. The van der Waals surface area contributed by atoms with Gasteiger partial charge in [0.2, 0.25) is 0 Å². The Morgan fingerprint density at radius 1 is 1.14 bits per heavy atom. The van der Waals surface area contributed by atoms with Crippen molar-refractivity contribution in [1.29, 1.82) is 0 Å². The lowest BCUT2D eigenvalue weighted by Gasteiger charge is -2.14. The molecule has 1 unspecified atom stereocenters. The zero-order chi connectivity index (χ0) is 14.8. The molecule has 2 N–H and O–H groups in total. The minimum Gasteiger partial charge on any atom is -0.326 e. The van der Waals surface area contributed by atoms with Crippen molar-refractivity contribution in [2.24, 2.45) is 5.73 Å². The molecule has 0 aliphatic rings. The standard InChI is InChI=1S/C17H18ClN3/c1-2-12(19)11-21-16-10-6-5-9-15(16)20-17(21)13-7-3-4-8-14(13)18/h3-10,12H,2,11,19H2,1H3. The van der Waals surface area contributed by atoms with Gasteiger partial charge in [-0.2, -0.15) is 0 Å². The second-order valence-electron chi connectivity index (χ2n) is 5.18. The summed E-state index contributed by atoms with van der Waals surface area (Å²) in [5.74, 6) is 0.880. The maximum Gasteiger partial charge on any atom is 0.142 e. The average molecular weight is 300 g/mol. The van der Waals surface area contributed by atoms with Gasteiger partial charge in [0, 0.05) is 18.2 Å². The maximum absolute atomic E-state index is 6.34. The van der Waals surface area contributed by atoms with Crippen LogP contribution in [0.1, 0.15) is 13.3 Å². The molecule has 0 fully saturated rings. The second kappa shape index (κ2) is 5.88. The van der Waals surface area contributed by atoms with Gasteiger partial charge in [0.1, 0.15) is 5.82 Å². The molecular formula is C17H18ClN3. The summed E-state index contributed by atoms with van der Waals surface area (Å²) in [4.78, 5) is 4.75. The van der Waals surface area contributed by atoms with Crippen LogP contribution in [0.15, 0.2) is 48.5 Å². The van der Waals surface area contributed by atoms with Gasteiger partial charge in [-0.1, -0.05) is 42.8 Å². The van der Waals surface area contributed by atoms with E-state index in [1.54, 1.807) is 0 Å². The molecule has 21 heavy (non-hydrogen) atoms. The number of nitrogens with two attached hydrogens (primary N) is 1. The number of fused-ring (bicyclic) bond motifs is 1. The Morgan fingerprint density at radius 2 is 1.86 bits per heavy atom. The van der Waals surface area contributed by atoms with Crippen LogP contribution in [0.4, 0.5) is 0 Å². The van der Waals surface area contributed by atoms with Gasteiger partial charge < -0.3 is 10.3 Å². The van der Waals surface area contributed by atoms with E-state index < -0.39 is 0 Å². The Hall–Kier alpha value is -1.84. The van der Waals surface area contributed by atoms with Crippen molar-refractivity contribution in [1.82, 2.24) is 9.55 Å². The maximum atomic E-state index is 6.34. The highest BCUT2D eigenvalue weighted by Gasteiger charge is 2.15. The minimum atomic E-state index is 0.101. The van der Waals surface area contributed by atoms with Gasteiger partial charge in [-0.3, -0.25) is 0 Å². The number of halogens is 1. The smallest absolute Gasteiger partial charge is 0.142 e. The molecule has 0 saturated heterocycles. The van der Waals surface area contributed by atoms with E-state index in [1.807, 2.05) is 42.5 Å². The van der Waals surface area contributed by atoms with E-state index in [1.165, 1.54) is 0 Å². The molecule has 3 rings (SSSR count). The lowest BCUT2D eigenvalue weighted by molar-refractivity contribution is 0.551. The molecule has 1 atom stereocenters. The first kappa shape index (κ1) is 14.1. The Morgan fingerprint density at radius 3 is 2.62 bits per heavy atom. The minimum absolute atomic E-state index is 0.101. The van der Waals surface area contributed by atoms with Crippen LogP contribution in [0.2, 0.25) is 5.02 Å². The molecule has 4 heteroatoms. The fourth-order valence-corrected chi connectivity index (χ4v) is 2.69. The predicted octanol–water partition coefficient (Wildman–Crippen LogP) is 4.09. The molecule has 0 radical (unpaired) electrons. The zero-order valence-electron chi connectivity index (χ0n) is 12.0. The van der Waals surface area contributed by atoms with E-state index in [0.29, 0.717) is 5.02 Å². The molecule has 3 nitrogen and oxygen atoms in total. The number of nitrogens with zero attached hydrogens (tertiary/aromatic N) is 2. The number of benzene rings is 2. The van der Waals surface area contributed by atoms with Crippen LogP contribution in [0.3, 0.4) is 0 Å². The monoisotopic (exact) mass is 299 g/mol. The number of hydrogen-bond acceptors (Lipinski definition) is 2. The van der Waals surface area contributed by atoms with Crippen molar-refractivity contribution < 1.29 is 0 Å². The van der Waals surface area contributed by atoms with Crippen molar-refractivity contribution in [3.8, 4) is 11.4 Å². The summed E-state index contributed by atoms with van der Waals surface area (Å²) in [5, 5.41) is 0.708. The highest BCUT2D eigenvalue weighted by Crippen LogP contribution is 2.30. The van der Waals surface area contributed by atoms with Crippen LogP contribution in [-0.2, 0) is 6.54 Å². The van der Waals surface area contributed by atoms with E-state index in [-0.39, 0.29) is 6.04 Å². The molecule has 0 bridgehead atoms. The van der Waals surface area contributed by atoms with Gasteiger partial charge in [-0.05, 0) is 30.7 Å². The lowest BCUT2D eigenvalue weighted by Crippen LogP contribution is -2.25. The first-order valence-corrected chi connectivity index (χ1v) is 7.54. The Bertz CT molecular complexity index is 764. The molecule has 1 heterocycles. The first-order chi connectivity index (χ1) is 10.2. The molecule has 1 aromatic heterocycles. The molecule has 0 spiro atoms. The highest BCUT2D eigenvalue weighted by atomic mass is 35.5. The number of imidazole rings is 1. The van der Waals surface area contributed by atoms with E-state index >= 15 is 0 Å². The van der Waals surface area contributed by atoms with Gasteiger partial charge >= 0.3 is 0 Å². The Kier molecular flexibility index (Phi) is 3.95. The van der Waals surface area contributed by atoms with E-state index in [9.17, 15) is 0 Å². The first-order valence-electron chi connectivity index (χ1n) is 7.16. The number of rotatable bonds is 4. The van der Waals surface area contributed by atoms with Crippen molar-refractivity contribution in [3.63, 3.8) is 0 Å². The highest BCUT2D eigenvalue weighted by molar-refractivity contribution is 6.33. The summed E-state index contributed by atoms with van der Waals surface area (Å²) >= 11 is 6.34. The molecule has 0 saturated carbocycles. The van der Waals surface area contributed by atoms with Crippen molar-refractivity contribution in [2.45, 2.75) is 25.9 Å². The summed E-state index contributed by atoms with van der Waals surface area (Å²) in [6.45, 7) is 2.83. The van der Waals surface area contributed by atoms with Crippen LogP contribution in [0, 0.1) is 0 Å². The van der Waals surface area contributed by atoms with Gasteiger partial charge in [0.15, 0.2) is 0 Å². The van der Waals surface area contributed by atoms with E-state index in [4.69, 9.17) is 22.3 Å². The number of para-hydroxylation sites is 2. The van der Waals surface area contributed by atoms with Crippen LogP contribution >= 0.6 is 11.6 Å². The zero-order valence-corrected chi connectivity index (χ0v) is 12.7. The van der Waals surface area contributed by atoms with Crippen LogP contribution in [0.25, 0.3) is 22.4 Å². The van der Waals surface area contributed by atoms with Crippen molar-refractivity contribution >= 4 is 22.6 Å². The quantitative estimate of drug-likeness (QED) is 0.788. The molecule has 108 valence electrons. The third kappa shape index (κ3) is 2.67. The molecule has 3 aromatic rings. The van der Waals surface area contributed by atoms with Gasteiger partial charge in [0.05, 0.1) is 16.1 Å². The second-order valence-corrected chi connectivity index (χ2v) is 5.59. The summed E-state index contributed by atoms with van der Waals surface area (Å²) < 4.78 is 2.17. The topological polar surface area (TPSA) is 43.8 Å². The fraction of sp³-hybridized carbons (Fsp3) is 0.235. The predicted molar refractivity (Wildman–Crippen MR) is 88.4 cm³/mol. The molecule has 0 aliphatic heterocycles. The van der Waals surface area contributed by atoms with Gasteiger partial charge in [0.25, 0.3) is 0 Å². The third-order valence-corrected chi connectivity index (χ3v) is 4.04. The number of hydrogen-bond donors (Lipinski definition) is 1. The Balaban J connectivity index is 2.21. The largest absolute Gasteiger partial charge is 0.326 e. The summed E-state index contributed by atoms with van der Waals surface area (Å²) in [6, 6.07) is 16.0. The van der Waals surface area contributed by atoms with Crippen LogP contribution in [0.5, 0.6) is 0 Å². The molecule has 0 amide bonds. The third-order valence-electron chi connectivity index (χ3n) is 3.71. The summed E-state index contributed by atoms with van der Waals surface area (Å²) in [5.41, 5.74) is 9.16. The Labute approximate surface area is 129 Å². The molecule has 2 aromatic carbocycles. The lowest BCUT2D eigenvalue weighted by atomic mass is 10.2. The van der Waals surface area contributed by atoms with Gasteiger partial charge in [-0.25, -0.2) is 4.98 Å². The summed E-state index contributed by atoms with van der Waals surface area (Å²) in [6.07, 6.45) is 0.925. The summed E-state index contributed by atoms with van der Waals surface area (Å²) in [7, 11) is 0. The SMILES string of the molecule is CCC(N)Cn1c(-c2ccccc2Cl)nc2ccccc21. The van der Waals surface area contributed by atoms with Crippen molar-refractivity contribution in [3.05, 3.63) is 53.6 Å². The van der Waals surface area contributed by atoms with Crippen LogP contribution in [-0.4, -0.2) is 15.6 Å². The number of aromatic nitrogens is 2. The van der Waals surface area contributed by atoms with Gasteiger partial charge in [-0.15, -0.1) is 0 Å². The normalized spacial score (nSPS) is 12.7. The van der Waals surface area contributed by atoms with E-state index in [0.717, 1.165) is 35.4 Å². The van der Waals surface area contributed by atoms with Crippen LogP contribution < -0.4 is 5.73 Å².